The molecule has 0 aliphatic heterocycles. The molecule has 1 amide bonds. The number of tetrazole rings is 1. The first kappa shape index (κ1) is 15.5. The Bertz CT molecular complexity index is 775. The largest absolute Gasteiger partial charge is 0.325 e. The number of carbonyl (C=O) groups excluding carboxylic acids is 1. The van der Waals surface area contributed by atoms with E-state index in [-0.39, 0.29) is 5.91 Å². The molecule has 3 aromatic rings. The monoisotopic (exact) mass is 345 g/mol. The highest BCUT2D eigenvalue weighted by atomic mass is 35.5. The van der Waals surface area contributed by atoms with Crippen LogP contribution in [0.25, 0.3) is 5.69 Å². The van der Waals surface area contributed by atoms with Gasteiger partial charge in [-0.25, -0.2) is 4.68 Å². The molecule has 3 rings (SSSR count). The average Bonchev–Trinajstić information content (AvgIpc) is 3.09. The number of nitrogens with one attached hydrogen (secondary N) is 1. The summed E-state index contributed by atoms with van der Waals surface area (Å²) in [5.74, 6) is 0.260. The first-order chi connectivity index (χ1) is 11.2. The molecule has 0 saturated carbocycles. The van der Waals surface area contributed by atoms with Crippen LogP contribution in [0.15, 0.2) is 59.8 Å². The summed E-state index contributed by atoms with van der Waals surface area (Å²) in [7, 11) is 0. The third-order valence-corrected chi connectivity index (χ3v) is 4.21. The van der Waals surface area contributed by atoms with Crippen LogP contribution in [0.1, 0.15) is 0 Å². The molecular formula is C15H12ClN5OS. The zero-order valence-electron chi connectivity index (χ0n) is 11.9. The molecule has 0 aliphatic carbocycles. The van der Waals surface area contributed by atoms with Crippen molar-refractivity contribution in [2.75, 3.05) is 11.1 Å². The van der Waals surface area contributed by atoms with E-state index in [2.05, 4.69) is 20.8 Å². The quantitative estimate of drug-likeness (QED) is 0.719. The van der Waals surface area contributed by atoms with Crippen molar-refractivity contribution in [3.05, 3.63) is 59.9 Å². The van der Waals surface area contributed by atoms with Gasteiger partial charge >= 0.3 is 0 Å². The van der Waals surface area contributed by atoms with Crippen LogP contribution in [0, 0.1) is 0 Å². The highest BCUT2D eigenvalue weighted by Gasteiger charge is 2.05. The zero-order valence-corrected chi connectivity index (χ0v) is 13.5. The van der Waals surface area contributed by atoms with Gasteiger partial charge in [0.15, 0.2) is 0 Å². The lowest BCUT2D eigenvalue weighted by molar-refractivity contribution is -0.113. The number of nitrogens with zero attached hydrogens (tertiary/aromatic N) is 4. The van der Waals surface area contributed by atoms with E-state index in [1.165, 1.54) is 18.1 Å². The molecule has 1 heterocycles. The van der Waals surface area contributed by atoms with E-state index in [9.17, 15) is 4.79 Å². The van der Waals surface area contributed by atoms with Gasteiger partial charge in [-0.15, -0.1) is 16.9 Å². The lowest BCUT2D eigenvalue weighted by Gasteiger charge is -2.06. The number of halogens is 1. The minimum absolute atomic E-state index is 0.0693. The van der Waals surface area contributed by atoms with Crippen molar-refractivity contribution in [2.24, 2.45) is 0 Å². The standard InChI is InChI=1S/C15H12ClN5OS/c16-11-1-7-14(8-2-11)23-9-15(22)18-12-3-5-13(6-4-12)21-10-17-19-20-21/h1-8,10H,9H2,(H,18,22). The predicted octanol–water partition coefficient (Wildman–Crippen LogP) is 3.05. The fraction of sp³-hybridized carbons (Fsp3) is 0.0667. The minimum Gasteiger partial charge on any atom is -0.325 e. The van der Waals surface area contributed by atoms with Crippen LogP contribution in [0.2, 0.25) is 5.02 Å². The Balaban J connectivity index is 1.54. The first-order valence-electron chi connectivity index (χ1n) is 6.72. The first-order valence-corrected chi connectivity index (χ1v) is 8.09. The zero-order chi connectivity index (χ0) is 16.1. The predicted molar refractivity (Wildman–Crippen MR) is 90.0 cm³/mol. The van der Waals surface area contributed by atoms with E-state index in [1.54, 1.807) is 16.8 Å². The molecule has 0 aliphatic rings. The summed E-state index contributed by atoms with van der Waals surface area (Å²) < 4.78 is 1.54. The number of carbonyl (C=O) groups is 1. The maximum absolute atomic E-state index is 12.0. The summed E-state index contributed by atoms with van der Waals surface area (Å²) in [6.45, 7) is 0. The molecule has 1 N–H and O–H groups in total. The number of amides is 1. The molecule has 0 saturated heterocycles. The van der Waals surface area contributed by atoms with E-state index in [0.29, 0.717) is 10.8 Å². The summed E-state index contributed by atoms with van der Waals surface area (Å²) in [6.07, 6.45) is 1.51. The summed E-state index contributed by atoms with van der Waals surface area (Å²) in [4.78, 5) is 13.0. The Hall–Kier alpha value is -2.38. The minimum atomic E-state index is -0.0693. The molecule has 0 bridgehead atoms. The van der Waals surface area contributed by atoms with Crippen molar-refractivity contribution in [3.63, 3.8) is 0 Å². The van der Waals surface area contributed by atoms with Crippen LogP contribution >= 0.6 is 23.4 Å². The van der Waals surface area contributed by atoms with E-state index in [1.807, 2.05) is 36.4 Å². The van der Waals surface area contributed by atoms with Gasteiger partial charge in [-0.3, -0.25) is 4.79 Å². The highest BCUT2D eigenvalue weighted by molar-refractivity contribution is 8.00. The second kappa shape index (κ2) is 7.26. The Morgan fingerprint density at radius 1 is 1.13 bits per heavy atom. The van der Waals surface area contributed by atoms with Crippen molar-refractivity contribution in [1.82, 2.24) is 20.2 Å². The number of rotatable bonds is 5. The second-order valence-corrected chi connectivity index (χ2v) is 6.08. The van der Waals surface area contributed by atoms with Crippen LogP contribution in [-0.2, 0) is 4.79 Å². The number of hydrogen-bond donors (Lipinski definition) is 1. The molecular weight excluding hydrogens is 334 g/mol. The Labute approximate surface area is 141 Å². The second-order valence-electron chi connectivity index (χ2n) is 4.59. The van der Waals surface area contributed by atoms with Gasteiger partial charge in [0.2, 0.25) is 5.91 Å². The van der Waals surface area contributed by atoms with E-state index in [4.69, 9.17) is 11.6 Å². The molecule has 2 aromatic carbocycles. The molecule has 1 aromatic heterocycles. The maximum atomic E-state index is 12.0. The Morgan fingerprint density at radius 3 is 2.52 bits per heavy atom. The van der Waals surface area contributed by atoms with Crippen molar-refractivity contribution in [1.29, 1.82) is 0 Å². The van der Waals surface area contributed by atoms with Gasteiger partial charge in [0, 0.05) is 15.6 Å². The Kier molecular flexibility index (Phi) is 4.89. The molecule has 0 unspecified atom stereocenters. The molecule has 0 fully saturated rings. The normalized spacial score (nSPS) is 10.5. The SMILES string of the molecule is O=C(CSc1ccc(Cl)cc1)Nc1ccc(-n2cnnn2)cc1. The van der Waals surface area contributed by atoms with Crippen LogP contribution in [0.5, 0.6) is 0 Å². The lowest BCUT2D eigenvalue weighted by atomic mass is 10.3. The molecule has 6 nitrogen and oxygen atoms in total. The third-order valence-electron chi connectivity index (χ3n) is 2.95. The van der Waals surface area contributed by atoms with Gasteiger partial charge in [0.05, 0.1) is 11.4 Å². The van der Waals surface area contributed by atoms with Crippen molar-refractivity contribution in [2.45, 2.75) is 4.90 Å². The van der Waals surface area contributed by atoms with E-state index >= 15 is 0 Å². The van der Waals surface area contributed by atoms with Crippen LogP contribution in [0.4, 0.5) is 5.69 Å². The Morgan fingerprint density at radius 2 is 1.87 bits per heavy atom. The molecule has 0 atom stereocenters. The van der Waals surface area contributed by atoms with Gasteiger partial charge < -0.3 is 5.32 Å². The summed E-state index contributed by atoms with van der Waals surface area (Å²) in [5, 5.41) is 14.5. The molecule has 0 radical (unpaired) electrons. The van der Waals surface area contributed by atoms with Gasteiger partial charge in [0.1, 0.15) is 6.33 Å². The van der Waals surface area contributed by atoms with Gasteiger partial charge in [0.25, 0.3) is 0 Å². The maximum Gasteiger partial charge on any atom is 0.234 e. The summed E-state index contributed by atoms with van der Waals surface area (Å²) >= 11 is 7.29. The average molecular weight is 346 g/mol. The number of aromatic nitrogens is 4. The van der Waals surface area contributed by atoms with E-state index in [0.717, 1.165) is 16.3 Å². The molecule has 23 heavy (non-hydrogen) atoms. The van der Waals surface area contributed by atoms with Gasteiger partial charge in [-0.1, -0.05) is 11.6 Å². The summed E-state index contributed by atoms with van der Waals surface area (Å²) in [6, 6.07) is 14.7. The van der Waals surface area contributed by atoms with Gasteiger partial charge in [-0.2, -0.15) is 0 Å². The summed E-state index contributed by atoms with van der Waals surface area (Å²) in [5.41, 5.74) is 1.55. The smallest absolute Gasteiger partial charge is 0.234 e. The highest BCUT2D eigenvalue weighted by Crippen LogP contribution is 2.20. The van der Waals surface area contributed by atoms with Gasteiger partial charge in [-0.05, 0) is 59.0 Å². The number of benzene rings is 2. The number of thioether (sulfide) groups is 1. The number of hydrogen-bond acceptors (Lipinski definition) is 5. The third kappa shape index (κ3) is 4.30. The van der Waals surface area contributed by atoms with Crippen molar-refractivity contribution in [3.8, 4) is 5.69 Å². The van der Waals surface area contributed by atoms with Crippen molar-refractivity contribution >= 4 is 35.0 Å². The van der Waals surface area contributed by atoms with E-state index < -0.39 is 0 Å². The fourth-order valence-electron chi connectivity index (χ4n) is 1.85. The lowest BCUT2D eigenvalue weighted by Crippen LogP contribution is -2.13. The van der Waals surface area contributed by atoms with Crippen LogP contribution in [0.3, 0.4) is 0 Å². The molecule has 116 valence electrons. The van der Waals surface area contributed by atoms with Crippen LogP contribution < -0.4 is 5.32 Å². The topological polar surface area (TPSA) is 72.7 Å². The molecule has 8 heteroatoms. The number of anilines is 1. The van der Waals surface area contributed by atoms with Crippen molar-refractivity contribution < 1.29 is 4.79 Å². The molecule has 0 spiro atoms. The fourth-order valence-corrected chi connectivity index (χ4v) is 2.68. The van der Waals surface area contributed by atoms with Crippen LogP contribution in [-0.4, -0.2) is 31.9 Å².